The molecule has 2 aromatic rings. The van der Waals surface area contributed by atoms with E-state index >= 15 is 0 Å². The number of benzene rings is 1. The molecule has 0 aliphatic rings. The summed E-state index contributed by atoms with van der Waals surface area (Å²) in [7, 11) is 1.99. The van der Waals surface area contributed by atoms with Gasteiger partial charge in [0.05, 0.1) is 11.6 Å². The minimum atomic E-state index is 0.687. The molecule has 0 saturated carbocycles. The molecule has 0 amide bonds. The fourth-order valence-corrected chi connectivity index (χ4v) is 2.33. The molecule has 0 atom stereocenters. The van der Waals surface area contributed by atoms with Gasteiger partial charge in [-0.2, -0.15) is 9.64 Å². The van der Waals surface area contributed by atoms with Crippen LogP contribution in [-0.2, 0) is 13.0 Å². The first kappa shape index (κ1) is 12.5. The standard InChI is InChI=1S/C13H14N4S/c1-3-12-15-13(18-16-12)17(2)9-11-6-4-5-10(7-11)8-14/h4-7H,3,9H2,1-2H3. The lowest BCUT2D eigenvalue weighted by Gasteiger charge is -2.15. The van der Waals surface area contributed by atoms with Crippen LogP contribution in [-0.4, -0.2) is 16.4 Å². The predicted octanol–water partition coefficient (Wildman–Crippen LogP) is 2.61. The highest BCUT2D eigenvalue weighted by Gasteiger charge is 2.08. The van der Waals surface area contributed by atoms with Crippen molar-refractivity contribution < 1.29 is 0 Å². The van der Waals surface area contributed by atoms with Crippen molar-refractivity contribution in [1.82, 2.24) is 9.36 Å². The number of anilines is 1. The second kappa shape index (κ2) is 5.61. The summed E-state index contributed by atoms with van der Waals surface area (Å²) in [5.41, 5.74) is 1.79. The maximum Gasteiger partial charge on any atom is 0.205 e. The Hall–Kier alpha value is -1.93. The van der Waals surface area contributed by atoms with Gasteiger partial charge in [-0.3, -0.25) is 0 Å². The molecule has 0 saturated heterocycles. The molecule has 0 aliphatic heterocycles. The summed E-state index contributed by atoms with van der Waals surface area (Å²) in [6.07, 6.45) is 0.855. The van der Waals surface area contributed by atoms with Gasteiger partial charge in [-0.1, -0.05) is 19.1 Å². The van der Waals surface area contributed by atoms with Crippen LogP contribution >= 0.6 is 11.5 Å². The van der Waals surface area contributed by atoms with Gasteiger partial charge in [-0.05, 0) is 17.7 Å². The van der Waals surface area contributed by atoms with Crippen molar-refractivity contribution in [2.45, 2.75) is 19.9 Å². The van der Waals surface area contributed by atoms with Crippen LogP contribution in [0.5, 0.6) is 0 Å². The molecular weight excluding hydrogens is 244 g/mol. The summed E-state index contributed by atoms with van der Waals surface area (Å²) in [6.45, 7) is 2.77. The van der Waals surface area contributed by atoms with Gasteiger partial charge in [0.1, 0.15) is 5.82 Å². The molecule has 92 valence electrons. The van der Waals surface area contributed by atoms with Crippen LogP contribution in [0.15, 0.2) is 24.3 Å². The van der Waals surface area contributed by atoms with Gasteiger partial charge in [0.25, 0.3) is 0 Å². The smallest absolute Gasteiger partial charge is 0.205 e. The van der Waals surface area contributed by atoms with E-state index in [4.69, 9.17) is 5.26 Å². The zero-order valence-electron chi connectivity index (χ0n) is 10.4. The van der Waals surface area contributed by atoms with Crippen LogP contribution in [0.25, 0.3) is 0 Å². The highest BCUT2D eigenvalue weighted by Crippen LogP contribution is 2.18. The van der Waals surface area contributed by atoms with Crippen molar-refractivity contribution in [3.05, 3.63) is 41.2 Å². The monoisotopic (exact) mass is 258 g/mol. The summed E-state index contributed by atoms with van der Waals surface area (Å²) < 4.78 is 4.27. The van der Waals surface area contributed by atoms with Crippen molar-refractivity contribution in [3.63, 3.8) is 0 Å². The summed E-state index contributed by atoms with van der Waals surface area (Å²) in [4.78, 5) is 6.48. The molecule has 5 heteroatoms. The van der Waals surface area contributed by atoms with E-state index in [1.807, 2.05) is 43.1 Å². The first-order chi connectivity index (χ1) is 8.72. The molecular formula is C13H14N4S. The Morgan fingerprint density at radius 2 is 2.28 bits per heavy atom. The van der Waals surface area contributed by atoms with E-state index < -0.39 is 0 Å². The SMILES string of the molecule is CCc1nsc(N(C)Cc2cccc(C#N)c2)n1. The third kappa shape index (κ3) is 2.84. The Labute approximate surface area is 111 Å². The normalized spacial score (nSPS) is 10.1. The summed E-state index contributed by atoms with van der Waals surface area (Å²) in [5, 5.41) is 9.78. The second-order valence-electron chi connectivity index (χ2n) is 4.01. The highest BCUT2D eigenvalue weighted by molar-refractivity contribution is 7.09. The van der Waals surface area contributed by atoms with Crippen LogP contribution in [0.1, 0.15) is 23.9 Å². The van der Waals surface area contributed by atoms with Gasteiger partial charge in [0.2, 0.25) is 5.13 Å². The van der Waals surface area contributed by atoms with Crippen LogP contribution in [0, 0.1) is 11.3 Å². The van der Waals surface area contributed by atoms with Crippen LogP contribution < -0.4 is 4.90 Å². The maximum absolute atomic E-state index is 8.86. The Morgan fingerprint density at radius 1 is 1.44 bits per heavy atom. The third-order valence-electron chi connectivity index (χ3n) is 2.58. The lowest BCUT2D eigenvalue weighted by atomic mass is 10.1. The van der Waals surface area contributed by atoms with Gasteiger partial charge in [0, 0.05) is 31.5 Å². The van der Waals surface area contributed by atoms with E-state index in [9.17, 15) is 0 Å². The first-order valence-electron chi connectivity index (χ1n) is 5.75. The molecule has 18 heavy (non-hydrogen) atoms. The van der Waals surface area contributed by atoms with Gasteiger partial charge >= 0.3 is 0 Å². The number of nitrogens with zero attached hydrogens (tertiary/aromatic N) is 4. The Morgan fingerprint density at radius 3 is 2.94 bits per heavy atom. The van der Waals surface area contributed by atoms with Crippen LogP contribution in [0.4, 0.5) is 5.13 Å². The molecule has 1 heterocycles. The van der Waals surface area contributed by atoms with Crippen LogP contribution in [0.3, 0.4) is 0 Å². The van der Waals surface area contributed by atoms with Crippen molar-refractivity contribution in [2.24, 2.45) is 0 Å². The Bertz CT molecular complexity index is 570. The Balaban J connectivity index is 2.11. The number of rotatable bonds is 4. The van der Waals surface area contributed by atoms with E-state index in [0.717, 1.165) is 29.5 Å². The molecule has 2 rings (SSSR count). The summed E-state index contributed by atoms with van der Waals surface area (Å²) in [5.74, 6) is 0.882. The average Bonchev–Trinajstić information content (AvgIpc) is 2.88. The van der Waals surface area contributed by atoms with Crippen LogP contribution in [0.2, 0.25) is 0 Å². The van der Waals surface area contributed by atoms with Crippen molar-refractivity contribution in [2.75, 3.05) is 11.9 Å². The lowest BCUT2D eigenvalue weighted by molar-refractivity contribution is 0.898. The molecule has 0 N–H and O–H groups in total. The van der Waals surface area contributed by atoms with Gasteiger partial charge < -0.3 is 4.90 Å². The van der Waals surface area contributed by atoms with E-state index in [-0.39, 0.29) is 0 Å². The molecule has 0 spiro atoms. The van der Waals surface area contributed by atoms with Crippen molar-refractivity contribution in [1.29, 1.82) is 5.26 Å². The third-order valence-corrected chi connectivity index (χ3v) is 3.44. The van der Waals surface area contributed by atoms with E-state index in [0.29, 0.717) is 5.56 Å². The number of hydrogen-bond acceptors (Lipinski definition) is 5. The molecule has 0 radical (unpaired) electrons. The number of hydrogen-bond donors (Lipinski definition) is 0. The second-order valence-corrected chi connectivity index (χ2v) is 4.75. The fraction of sp³-hybridized carbons (Fsp3) is 0.308. The lowest BCUT2D eigenvalue weighted by Crippen LogP contribution is -2.16. The quantitative estimate of drug-likeness (QED) is 0.846. The molecule has 0 bridgehead atoms. The van der Waals surface area contributed by atoms with Gasteiger partial charge in [-0.15, -0.1) is 0 Å². The zero-order chi connectivity index (χ0) is 13.0. The highest BCUT2D eigenvalue weighted by atomic mass is 32.1. The minimum Gasteiger partial charge on any atom is -0.346 e. The number of aromatic nitrogens is 2. The molecule has 4 nitrogen and oxygen atoms in total. The average molecular weight is 258 g/mol. The number of nitriles is 1. The van der Waals surface area contributed by atoms with E-state index in [2.05, 4.69) is 15.4 Å². The summed E-state index contributed by atoms with van der Waals surface area (Å²) >= 11 is 1.41. The maximum atomic E-state index is 8.86. The van der Waals surface area contributed by atoms with Crippen molar-refractivity contribution >= 4 is 16.7 Å². The topological polar surface area (TPSA) is 52.8 Å². The Kier molecular flexibility index (Phi) is 3.90. The molecule has 1 aromatic carbocycles. The largest absolute Gasteiger partial charge is 0.346 e. The number of aryl methyl sites for hydroxylation is 1. The fourth-order valence-electron chi connectivity index (χ4n) is 1.62. The molecule has 0 unspecified atom stereocenters. The summed E-state index contributed by atoms with van der Waals surface area (Å²) in [6, 6.07) is 9.78. The zero-order valence-corrected chi connectivity index (χ0v) is 11.2. The van der Waals surface area contributed by atoms with E-state index in [1.165, 1.54) is 11.5 Å². The predicted molar refractivity (Wildman–Crippen MR) is 72.6 cm³/mol. The molecule has 0 fully saturated rings. The molecule has 1 aromatic heterocycles. The minimum absolute atomic E-state index is 0.687. The van der Waals surface area contributed by atoms with Gasteiger partial charge in [0.15, 0.2) is 0 Å². The molecule has 0 aliphatic carbocycles. The van der Waals surface area contributed by atoms with Gasteiger partial charge in [-0.25, -0.2) is 4.98 Å². The van der Waals surface area contributed by atoms with Crippen molar-refractivity contribution in [3.8, 4) is 6.07 Å². The van der Waals surface area contributed by atoms with E-state index in [1.54, 1.807) is 0 Å². The first-order valence-corrected chi connectivity index (χ1v) is 6.53.